The van der Waals surface area contributed by atoms with Crippen LogP contribution < -0.4 is 16.4 Å². The van der Waals surface area contributed by atoms with E-state index in [1.54, 1.807) is 25.2 Å². The first-order chi connectivity index (χ1) is 8.08. The summed E-state index contributed by atoms with van der Waals surface area (Å²) in [4.78, 5) is 11.7. The number of nitrogen functional groups attached to an aromatic ring is 1. The van der Waals surface area contributed by atoms with Gasteiger partial charge in [0.1, 0.15) is 0 Å². The molecule has 0 heterocycles. The fraction of sp³-hybridized carbons (Fsp3) is 0.462. The first-order valence-corrected chi connectivity index (χ1v) is 5.96. The molecule has 1 amide bonds. The number of anilines is 2. The lowest BCUT2D eigenvalue weighted by atomic mass is 10.1. The number of hydrogen-bond acceptors (Lipinski definition) is 3. The van der Waals surface area contributed by atoms with Gasteiger partial charge in [0.2, 0.25) is 0 Å². The van der Waals surface area contributed by atoms with Crippen molar-refractivity contribution in [2.24, 2.45) is 0 Å². The number of carbonyl (C=O) groups excluding carboxylic acids is 1. The summed E-state index contributed by atoms with van der Waals surface area (Å²) in [5.41, 5.74) is 7.83. The Morgan fingerprint density at radius 1 is 1.47 bits per heavy atom. The van der Waals surface area contributed by atoms with Crippen molar-refractivity contribution in [1.82, 2.24) is 5.32 Å². The number of carbonyl (C=O) groups is 1. The van der Waals surface area contributed by atoms with E-state index in [1.165, 1.54) is 0 Å². The molecular weight excluding hydrogens is 214 g/mol. The SMILES string of the molecule is CCCC(C)Nc1cc(N)ccc1C(=O)NC. The lowest BCUT2D eigenvalue weighted by molar-refractivity contribution is 0.0964. The molecule has 0 aromatic heterocycles. The summed E-state index contributed by atoms with van der Waals surface area (Å²) in [5.74, 6) is -0.101. The number of rotatable bonds is 5. The Hall–Kier alpha value is -1.71. The highest BCUT2D eigenvalue weighted by Gasteiger charge is 2.11. The number of nitrogens with two attached hydrogens (primary N) is 1. The second kappa shape index (κ2) is 6.13. The van der Waals surface area contributed by atoms with Gasteiger partial charge in [0.05, 0.1) is 5.56 Å². The van der Waals surface area contributed by atoms with E-state index in [0.29, 0.717) is 17.3 Å². The minimum Gasteiger partial charge on any atom is -0.399 e. The van der Waals surface area contributed by atoms with E-state index in [4.69, 9.17) is 5.73 Å². The van der Waals surface area contributed by atoms with Crippen LogP contribution in [0.15, 0.2) is 18.2 Å². The molecule has 0 bridgehead atoms. The molecule has 1 aromatic rings. The second-order valence-electron chi connectivity index (χ2n) is 4.22. The molecule has 1 atom stereocenters. The zero-order valence-electron chi connectivity index (χ0n) is 10.7. The van der Waals surface area contributed by atoms with Crippen molar-refractivity contribution >= 4 is 17.3 Å². The Labute approximate surface area is 103 Å². The zero-order chi connectivity index (χ0) is 12.8. The summed E-state index contributed by atoms with van der Waals surface area (Å²) in [6.45, 7) is 4.23. The molecule has 94 valence electrons. The van der Waals surface area contributed by atoms with Crippen molar-refractivity contribution in [1.29, 1.82) is 0 Å². The van der Waals surface area contributed by atoms with Gasteiger partial charge in [-0.15, -0.1) is 0 Å². The smallest absolute Gasteiger partial charge is 0.253 e. The lowest BCUT2D eigenvalue weighted by Gasteiger charge is -2.17. The molecule has 0 radical (unpaired) electrons. The molecule has 0 aliphatic rings. The molecule has 1 aromatic carbocycles. The van der Waals surface area contributed by atoms with Gasteiger partial charge in [0.25, 0.3) is 5.91 Å². The molecule has 1 unspecified atom stereocenters. The van der Waals surface area contributed by atoms with Crippen LogP contribution in [0, 0.1) is 0 Å². The normalized spacial score (nSPS) is 11.9. The van der Waals surface area contributed by atoms with Crippen molar-refractivity contribution in [3.05, 3.63) is 23.8 Å². The maximum atomic E-state index is 11.7. The topological polar surface area (TPSA) is 67.1 Å². The molecule has 1 rings (SSSR count). The molecule has 17 heavy (non-hydrogen) atoms. The van der Waals surface area contributed by atoms with E-state index in [9.17, 15) is 4.79 Å². The highest BCUT2D eigenvalue weighted by molar-refractivity contribution is 6.00. The predicted molar refractivity (Wildman–Crippen MR) is 72.2 cm³/mol. The Balaban J connectivity index is 2.94. The number of benzene rings is 1. The molecule has 4 heteroatoms. The van der Waals surface area contributed by atoms with Crippen LogP contribution in [0.2, 0.25) is 0 Å². The molecule has 0 saturated heterocycles. The Bertz CT molecular complexity index is 390. The van der Waals surface area contributed by atoms with Crippen LogP contribution in [0.1, 0.15) is 37.0 Å². The minimum atomic E-state index is -0.101. The highest BCUT2D eigenvalue weighted by atomic mass is 16.1. The maximum absolute atomic E-state index is 11.7. The van der Waals surface area contributed by atoms with Gasteiger partial charge >= 0.3 is 0 Å². The van der Waals surface area contributed by atoms with E-state index in [0.717, 1.165) is 18.5 Å². The van der Waals surface area contributed by atoms with Gasteiger partial charge < -0.3 is 16.4 Å². The van der Waals surface area contributed by atoms with Crippen LogP contribution in [-0.4, -0.2) is 19.0 Å². The van der Waals surface area contributed by atoms with E-state index < -0.39 is 0 Å². The Morgan fingerprint density at radius 2 is 2.18 bits per heavy atom. The average molecular weight is 235 g/mol. The van der Waals surface area contributed by atoms with Crippen LogP contribution in [0.5, 0.6) is 0 Å². The molecule has 0 spiro atoms. The van der Waals surface area contributed by atoms with Crippen molar-refractivity contribution in [2.45, 2.75) is 32.7 Å². The largest absolute Gasteiger partial charge is 0.399 e. The maximum Gasteiger partial charge on any atom is 0.253 e. The van der Waals surface area contributed by atoms with Crippen LogP contribution in [0.3, 0.4) is 0 Å². The van der Waals surface area contributed by atoms with Crippen LogP contribution >= 0.6 is 0 Å². The third-order valence-electron chi connectivity index (χ3n) is 2.64. The molecule has 0 aliphatic heterocycles. The Kier molecular flexibility index (Phi) is 4.82. The van der Waals surface area contributed by atoms with Crippen LogP contribution in [-0.2, 0) is 0 Å². The van der Waals surface area contributed by atoms with Crippen LogP contribution in [0.25, 0.3) is 0 Å². The summed E-state index contributed by atoms with van der Waals surface area (Å²) < 4.78 is 0. The quantitative estimate of drug-likeness (QED) is 0.686. The van der Waals surface area contributed by atoms with Crippen molar-refractivity contribution < 1.29 is 4.79 Å². The molecule has 4 N–H and O–H groups in total. The van der Waals surface area contributed by atoms with Crippen molar-refractivity contribution in [3.8, 4) is 0 Å². The molecular formula is C13H21N3O. The fourth-order valence-electron chi connectivity index (χ4n) is 1.78. The minimum absolute atomic E-state index is 0.101. The first-order valence-electron chi connectivity index (χ1n) is 5.96. The second-order valence-corrected chi connectivity index (χ2v) is 4.22. The molecule has 0 aliphatic carbocycles. The lowest BCUT2D eigenvalue weighted by Crippen LogP contribution is -2.22. The van der Waals surface area contributed by atoms with Crippen molar-refractivity contribution in [2.75, 3.05) is 18.1 Å². The number of amides is 1. The third-order valence-corrected chi connectivity index (χ3v) is 2.64. The van der Waals surface area contributed by atoms with E-state index in [1.807, 2.05) is 0 Å². The van der Waals surface area contributed by atoms with Crippen LogP contribution in [0.4, 0.5) is 11.4 Å². The van der Waals surface area contributed by atoms with E-state index in [2.05, 4.69) is 24.5 Å². The number of hydrogen-bond donors (Lipinski definition) is 3. The average Bonchev–Trinajstić information content (AvgIpc) is 2.28. The summed E-state index contributed by atoms with van der Waals surface area (Å²) in [6, 6.07) is 5.61. The standard InChI is InChI=1S/C13H21N3O/c1-4-5-9(2)16-12-8-10(14)6-7-11(12)13(17)15-3/h6-9,16H,4-5,14H2,1-3H3,(H,15,17). The van der Waals surface area contributed by atoms with Crippen molar-refractivity contribution in [3.63, 3.8) is 0 Å². The molecule has 0 fully saturated rings. The van der Waals surface area contributed by atoms with Gasteiger partial charge in [-0.3, -0.25) is 4.79 Å². The van der Waals surface area contributed by atoms with E-state index in [-0.39, 0.29) is 5.91 Å². The fourth-order valence-corrected chi connectivity index (χ4v) is 1.78. The summed E-state index contributed by atoms with van der Waals surface area (Å²) in [7, 11) is 1.62. The summed E-state index contributed by atoms with van der Waals surface area (Å²) in [6.07, 6.45) is 2.16. The van der Waals surface area contributed by atoms with Gasteiger partial charge in [-0.25, -0.2) is 0 Å². The summed E-state index contributed by atoms with van der Waals surface area (Å²) >= 11 is 0. The highest BCUT2D eigenvalue weighted by Crippen LogP contribution is 2.20. The first kappa shape index (κ1) is 13.4. The monoisotopic (exact) mass is 235 g/mol. The zero-order valence-corrected chi connectivity index (χ0v) is 10.7. The molecule has 0 saturated carbocycles. The predicted octanol–water partition coefficient (Wildman–Crippen LogP) is 2.23. The number of nitrogens with one attached hydrogen (secondary N) is 2. The van der Waals surface area contributed by atoms with Gasteiger partial charge in [-0.2, -0.15) is 0 Å². The van der Waals surface area contributed by atoms with E-state index >= 15 is 0 Å². The van der Waals surface area contributed by atoms with Gasteiger partial charge in [-0.05, 0) is 31.5 Å². The summed E-state index contributed by atoms with van der Waals surface area (Å²) in [5, 5.41) is 5.95. The Morgan fingerprint density at radius 3 is 2.76 bits per heavy atom. The van der Waals surface area contributed by atoms with Gasteiger partial charge in [-0.1, -0.05) is 13.3 Å². The third kappa shape index (κ3) is 3.66. The van der Waals surface area contributed by atoms with Gasteiger partial charge in [0.15, 0.2) is 0 Å². The van der Waals surface area contributed by atoms with Gasteiger partial charge in [0, 0.05) is 24.5 Å². The molecule has 4 nitrogen and oxygen atoms in total.